The summed E-state index contributed by atoms with van der Waals surface area (Å²) in [6.07, 6.45) is 1.63. The lowest BCUT2D eigenvalue weighted by molar-refractivity contribution is 0.0989. The first-order valence-corrected chi connectivity index (χ1v) is 4.97. The van der Waals surface area contributed by atoms with E-state index in [9.17, 15) is 4.79 Å². The van der Waals surface area contributed by atoms with Crippen LogP contribution in [0.15, 0.2) is 36.5 Å². The third kappa shape index (κ3) is 2.14. The fourth-order valence-corrected chi connectivity index (χ4v) is 1.35. The first kappa shape index (κ1) is 10.5. The van der Waals surface area contributed by atoms with Crippen LogP contribution in [0.3, 0.4) is 0 Å². The second-order valence-corrected chi connectivity index (χ2v) is 3.34. The Balaban J connectivity index is 2.23. The highest BCUT2D eigenvalue weighted by Gasteiger charge is 2.09. The number of carbonyl (C=O) groups is 1. The zero-order valence-corrected chi connectivity index (χ0v) is 8.92. The summed E-state index contributed by atoms with van der Waals surface area (Å²) in [5.74, 6) is -0.0651. The Morgan fingerprint density at radius 1 is 1.38 bits per heavy atom. The average molecular weight is 216 g/mol. The minimum atomic E-state index is -0.0651. The molecule has 0 bridgehead atoms. The van der Waals surface area contributed by atoms with Gasteiger partial charge in [-0.3, -0.25) is 4.79 Å². The molecule has 1 aromatic heterocycles. The van der Waals surface area contributed by atoms with Crippen LogP contribution in [0.1, 0.15) is 10.5 Å². The van der Waals surface area contributed by atoms with Crippen LogP contribution in [-0.2, 0) is 0 Å². The summed E-state index contributed by atoms with van der Waals surface area (Å²) in [4.78, 5) is 11.5. The smallest absolute Gasteiger partial charge is 0.198 e. The van der Waals surface area contributed by atoms with Gasteiger partial charge in [-0.2, -0.15) is 0 Å². The van der Waals surface area contributed by atoms with Gasteiger partial charge < -0.3 is 5.32 Å². The van der Waals surface area contributed by atoms with Crippen molar-refractivity contribution in [3.05, 3.63) is 42.2 Å². The van der Waals surface area contributed by atoms with Gasteiger partial charge in [0.2, 0.25) is 0 Å². The fourth-order valence-electron chi connectivity index (χ4n) is 1.35. The van der Waals surface area contributed by atoms with E-state index in [1.165, 1.54) is 0 Å². The quantitative estimate of drug-likeness (QED) is 0.763. The monoisotopic (exact) mass is 216 g/mol. The van der Waals surface area contributed by atoms with Gasteiger partial charge in [0.05, 0.1) is 18.4 Å². The Morgan fingerprint density at radius 2 is 2.12 bits per heavy atom. The lowest BCUT2D eigenvalue weighted by Gasteiger charge is -1.97. The molecule has 82 valence electrons. The summed E-state index contributed by atoms with van der Waals surface area (Å²) in [5, 5.41) is 10.5. The van der Waals surface area contributed by atoms with Crippen LogP contribution in [0.4, 0.5) is 0 Å². The summed E-state index contributed by atoms with van der Waals surface area (Å²) >= 11 is 0. The molecule has 0 saturated carbocycles. The predicted molar refractivity (Wildman–Crippen MR) is 59.6 cm³/mol. The van der Waals surface area contributed by atoms with Crippen molar-refractivity contribution in [1.29, 1.82) is 0 Å². The SMILES string of the molecule is CNCC(=O)c1cn(-c2ccccc2)nn1. The Hall–Kier alpha value is -2.01. The highest BCUT2D eigenvalue weighted by Crippen LogP contribution is 2.05. The van der Waals surface area contributed by atoms with Gasteiger partial charge in [-0.15, -0.1) is 5.10 Å². The molecule has 1 aromatic carbocycles. The normalized spacial score (nSPS) is 10.3. The van der Waals surface area contributed by atoms with Crippen molar-refractivity contribution in [3.8, 4) is 5.69 Å². The topological polar surface area (TPSA) is 59.8 Å². The van der Waals surface area contributed by atoms with E-state index in [2.05, 4.69) is 15.6 Å². The standard InChI is InChI=1S/C11H12N4O/c1-12-7-11(16)10-8-15(14-13-10)9-5-3-2-4-6-9/h2-6,8,12H,7H2,1H3. The van der Waals surface area contributed by atoms with Crippen molar-refractivity contribution in [2.45, 2.75) is 0 Å². The molecule has 0 fully saturated rings. The molecule has 5 heteroatoms. The predicted octanol–water partition coefficient (Wildman–Crippen LogP) is 0.669. The van der Waals surface area contributed by atoms with Gasteiger partial charge in [0.15, 0.2) is 11.5 Å². The van der Waals surface area contributed by atoms with E-state index in [0.29, 0.717) is 5.69 Å². The van der Waals surface area contributed by atoms with E-state index in [4.69, 9.17) is 0 Å². The summed E-state index contributed by atoms with van der Waals surface area (Å²) < 4.78 is 1.59. The molecule has 0 aliphatic rings. The lowest BCUT2D eigenvalue weighted by atomic mass is 10.3. The number of aromatic nitrogens is 3. The first-order valence-electron chi connectivity index (χ1n) is 4.97. The van der Waals surface area contributed by atoms with Crippen LogP contribution < -0.4 is 5.32 Å². The van der Waals surface area contributed by atoms with Crippen molar-refractivity contribution >= 4 is 5.78 Å². The molecule has 0 amide bonds. The molecule has 5 nitrogen and oxygen atoms in total. The maximum atomic E-state index is 11.5. The Labute approximate surface area is 93.1 Å². The van der Waals surface area contributed by atoms with Crippen LogP contribution in [0, 0.1) is 0 Å². The van der Waals surface area contributed by atoms with Crippen LogP contribution >= 0.6 is 0 Å². The second-order valence-electron chi connectivity index (χ2n) is 3.34. The lowest BCUT2D eigenvalue weighted by Crippen LogP contribution is -2.18. The number of nitrogens with one attached hydrogen (secondary N) is 1. The maximum absolute atomic E-state index is 11.5. The number of rotatable bonds is 4. The van der Waals surface area contributed by atoms with Crippen LogP contribution in [0.25, 0.3) is 5.69 Å². The number of carbonyl (C=O) groups excluding carboxylic acids is 1. The van der Waals surface area contributed by atoms with E-state index in [0.717, 1.165) is 5.69 Å². The molecular weight excluding hydrogens is 204 g/mol. The van der Waals surface area contributed by atoms with Crippen LogP contribution in [-0.4, -0.2) is 34.4 Å². The van der Waals surface area contributed by atoms with Crippen molar-refractivity contribution in [2.75, 3.05) is 13.6 Å². The number of hydrogen-bond acceptors (Lipinski definition) is 4. The number of ketones is 1. The molecule has 0 unspecified atom stereocenters. The number of Topliss-reactive ketones (excluding diaryl/α,β-unsaturated/α-hetero) is 1. The third-order valence-electron chi connectivity index (χ3n) is 2.14. The van der Waals surface area contributed by atoms with E-state index < -0.39 is 0 Å². The van der Waals surface area contributed by atoms with Gasteiger partial charge in [-0.05, 0) is 19.2 Å². The Kier molecular flexibility index (Phi) is 3.07. The minimum Gasteiger partial charge on any atom is -0.313 e. The largest absolute Gasteiger partial charge is 0.313 e. The van der Waals surface area contributed by atoms with Crippen molar-refractivity contribution in [1.82, 2.24) is 20.3 Å². The van der Waals surface area contributed by atoms with E-state index in [1.807, 2.05) is 30.3 Å². The zero-order chi connectivity index (χ0) is 11.4. The minimum absolute atomic E-state index is 0.0651. The number of benzene rings is 1. The van der Waals surface area contributed by atoms with Crippen molar-refractivity contribution in [3.63, 3.8) is 0 Å². The van der Waals surface area contributed by atoms with E-state index >= 15 is 0 Å². The van der Waals surface area contributed by atoms with E-state index in [1.54, 1.807) is 17.9 Å². The summed E-state index contributed by atoms with van der Waals surface area (Å²) in [7, 11) is 1.72. The summed E-state index contributed by atoms with van der Waals surface area (Å²) in [6.45, 7) is 0.271. The number of para-hydroxylation sites is 1. The molecule has 0 atom stereocenters. The molecular formula is C11H12N4O. The van der Waals surface area contributed by atoms with Crippen molar-refractivity contribution in [2.24, 2.45) is 0 Å². The van der Waals surface area contributed by atoms with Crippen LogP contribution in [0.5, 0.6) is 0 Å². The molecule has 16 heavy (non-hydrogen) atoms. The number of nitrogens with zero attached hydrogens (tertiary/aromatic N) is 3. The number of likely N-dealkylation sites (N-methyl/N-ethyl adjacent to an activating group) is 1. The number of hydrogen-bond donors (Lipinski definition) is 1. The summed E-state index contributed by atoms with van der Waals surface area (Å²) in [5.41, 5.74) is 1.26. The van der Waals surface area contributed by atoms with Gasteiger partial charge in [0, 0.05) is 0 Å². The molecule has 1 heterocycles. The van der Waals surface area contributed by atoms with Gasteiger partial charge in [-0.1, -0.05) is 23.4 Å². The molecule has 2 rings (SSSR count). The van der Waals surface area contributed by atoms with Crippen molar-refractivity contribution < 1.29 is 4.79 Å². The molecule has 0 aliphatic heterocycles. The van der Waals surface area contributed by atoms with Gasteiger partial charge >= 0.3 is 0 Å². The first-order chi connectivity index (χ1) is 7.81. The van der Waals surface area contributed by atoms with Gasteiger partial charge in [0.25, 0.3) is 0 Å². The second kappa shape index (κ2) is 4.67. The maximum Gasteiger partial charge on any atom is 0.198 e. The molecule has 0 spiro atoms. The Bertz CT molecular complexity index is 478. The average Bonchev–Trinajstić information content (AvgIpc) is 2.80. The van der Waals surface area contributed by atoms with Crippen LogP contribution in [0.2, 0.25) is 0 Å². The van der Waals surface area contributed by atoms with Gasteiger partial charge in [-0.25, -0.2) is 4.68 Å². The Morgan fingerprint density at radius 3 is 2.81 bits per heavy atom. The molecule has 0 radical (unpaired) electrons. The zero-order valence-electron chi connectivity index (χ0n) is 8.92. The molecule has 0 saturated heterocycles. The highest BCUT2D eigenvalue weighted by atomic mass is 16.1. The fraction of sp³-hybridized carbons (Fsp3) is 0.182. The molecule has 2 aromatic rings. The molecule has 0 aliphatic carbocycles. The highest BCUT2D eigenvalue weighted by molar-refractivity contribution is 5.95. The van der Waals surface area contributed by atoms with Gasteiger partial charge in [0.1, 0.15) is 0 Å². The third-order valence-corrected chi connectivity index (χ3v) is 2.14. The van der Waals surface area contributed by atoms with E-state index in [-0.39, 0.29) is 12.3 Å². The molecule has 1 N–H and O–H groups in total. The summed E-state index contributed by atoms with van der Waals surface area (Å²) in [6, 6.07) is 9.55.